The first kappa shape index (κ1) is 22.6. The van der Waals surface area contributed by atoms with Crippen LogP contribution in [0.5, 0.6) is 0 Å². The molecule has 30 heavy (non-hydrogen) atoms. The normalized spacial score (nSPS) is 15.0. The number of thiazole rings is 1. The molecule has 1 aliphatic rings. The second-order valence-electron chi connectivity index (χ2n) is 7.09. The van der Waals surface area contributed by atoms with Crippen LogP contribution in [0.15, 0.2) is 42.7 Å². The lowest BCUT2D eigenvalue weighted by atomic mass is 9.90. The lowest BCUT2D eigenvalue weighted by molar-refractivity contribution is 0.164. The summed E-state index contributed by atoms with van der Waals surface area (Å²) in [5.41, 5.74) is 1.56. The summed E-state index contributed by atoms with van der Waals surface area (Å²) < 4.78 is 27.1. The Morgan fingerprint density at radius 3 is 2.67 bits per heavy atom. The molecule has 1 aromatic carbocycles. The molecule has 4 rings (SSSR count). The molecule has 0 spiro atoms. The average molecular weight is 453 g/mol. The number of pyridine rings is 1. The lowest BCUT2D eigenvalue weighted by Gasteiger charge is -2.31. The number of halogens is 3. The molecule has 160 valence electrons. The van der Waals surface area contributed by atoms with Gasteiger partial charge in [0.15, 0.2) is 5.13 Å². The Kier molecular flexibility index (Phi) is 7.71. The van der Waals surface area contributed by atoms with Crippen LogP contribution in [0.25, 0.3) is 10.4 Å². The molecule has 3 heterocycles. The number of likely N-dealkylation sites (tertiary alicyclic amines) is 1. The minimum absolute atomic E-state index is 0. The number of benzene rings is 1. The number of nitrogens with zero attached hydrogens (tertiary/aromatic N) is 3. The first-order valence-corrected chi connectivity index (χ1v) is 10.4. The monoisotopic (exact) mass is 452 g/mol. The highest BCUT2D eigenvalue weighted by molar-refractivity contribution is 7.18. The van der Waals surface area contributed by atoms with Crippen LogP contribution in [0.4, 0.5) is 19.7 Å². The third kappa shape index (κ3) is 5.31. The summed E-state index contributed by atoms with van der Waals surface area (Å²) in [4.78, 5) is 11.6. The SMILES string of the molecule is Cl.OCCN1CCC(c2ccnc(Nc3ncc(-c4ccc(F)cc4F)s3)c2)CC1. The Labute approximate surface area is 184 Å². The zero-order valence-corrected chi connectivity index (χ0v) is 17.9. The second-order valence-corrected chi connectivity index (χ2v) is 8.12. The zero-order chi connectivity index (χ0) is 20.2. The van der Waals surface area contributed by atoms with Crippen LogP contribution in [0.3, 0.4) is 0 Å². The van der Waals surface area contributed by atoms with Crippen LogP contribution in [-0.4, -0.2) is 46.2 Å². The fourth-order valence-electron chi connectivity index (χ4n) is 3.66. The van der Waals surface area contributed by atoms with Crippen LogP contribution in [0, 0.1) is 11.6 Å². The number of aliphatic hydroxyl groups excluding tert-OH is 1. The van der Waals surface area contributed by atoms with Gasteiger partial charge in [0.2, 0.25) is 0 Å². The van der Waals surface area contributed by atoms with Crippen molar-refractivity contribution in [2.24, 2.45) is 0 Å². The molecular formula is C21H23ClF2N4OS. The van der Waals surface area contributed by atoms with Crippen molar-refractivity contribution in [2.45, 2.75) is 18.8 Å². The van der Waals surface area contributed by atoms with E-state index in [-0.39, 0.29) is 19.0 Å². The van der Waals surface area contributed by atoms with Gasteiger partial charge in [-0.25, -0.2) is 18.7 Å². The number of piperidine rings is 1. The van der Waals surface area contributed by atoms with Gasteiger partial charge in [-0.15, -0.1) is 12.4 Å². The third-order valence-electron chi connectivity index (χ3n) is 5.20. The van der Waals surface area contributed by atoms with Crippen LogP contribution in [-0.2, 0) is 0 Å². The van der Waals surface area contributed by atoms with E-state index in [0.717, 1.165) is 38.5 Å². The summed E-state index contributed by atoms with van der Waals surface area (Å²) >= 11 is 1.29. The molecule has 0 aliphatic carbocycles. The molecule has 5 nitrogen and oxygen atoms in total. The van der Waals surface area contributed by atoms with E-state index < -0.39 is 11.6 Å². The van der Waals surface area contributed by atoms with Gasteiger partial charge >= 0.3 is 0 Å². The van der Waals surface area contributed by atoms with Crippen molar-refractivity contribution < 1.29 is 13.9 Å². The predicted octanol–water partition coefficient (Wildman–Crippen LogP) is 4.82. The number of β-amino-alcohol motifs (C(OH)–C–C–N with tert-alkyl or cyclic N) is 1. The Morgan fingerprint density at radius 1 is 1.13 bits per heavy atom. The Balaban J connectivity index is 0.00000256. The van der Waals surface area contributed by atoms with E-state index in [9.17, 15) is 8.78 Å². The molecule has 1 fully saturated rings. The van der Waals surface area contributed by atoms with Gasteiger partial charge in [0.1, 0.15) is 17.5 Å². The fraction of sp³-hybridized carbons (Fsp3) is 0.333. The van der Waals surface area contributed by atoms with Crippen LogP contribution < -0.4 is 5.32 Å². The van der Waals surface area contributed by atoms with Crippen molar-refractivity contribution in [2.75, 3.05) is 31.6 Å². The Hall–Kier alpha value is -2.13. The summed E-state index contributed by atoms with van der Waals surface area (Å²) in [5, 5.41) is 12.9. The van der Waals surface area contributed by atoms with Crippen LogP contribution >= 0.6 is 23.7 Å². The fourth-order valence-corrected chi connectivity index (χ4v) is 4.51. The van der Waals surface area contributed by atoms with Crippen molar-refractivity contribution in [1.29, 1.82) is 0 Å². The quantitative estimate of drug-likeness (QED) is 0.561. The summed E-state index contributed by atoms with van der Waals surface area (Å²) in [5.74, 6) is -0.0420. The molecule has 9 heteroatoms. The lowest BCUT2D eigenvalue weighted by Crippen LogP contribution is -2.34. The maximum absolute atomic E-state index is 14.0. The van der Waals surface area contributed by atoms with E-state index in [2.05, 4.69) is 20.2 Å². The van der Waals surface area contributed by atoms with Crippen molar-refractivity contribution >= 4 is 34.7 Å². The van der Waals surface area contributed by atoms with Gasteiger partial charge in [0.25, 0.3) is 0 Å². The minimum atomic E-state index is -0.604. The largest absolute Gasteiger partial charge is 0.395 e. The van der Waals surface area contributed by atoms with Gasteiger partial charge in [0.05, 0.1) is 11.5 Å². The molecule has 0 unspecified atom stereocenters. The average Bonchev–Trinajstić information content (AvgIpc) is 3.17. The van der Waals surface area contributed by atoms with Gasteiger partial charge in [-0.3, -0.25) is 0 Å². The van der Waals surface area contributed by atoms with Crippen molar-refractivity contribution in [1.82, 2.24) is 14.9 Å². The van der Waals surface area contributed by atoms with E-state index in [4.69, 9.17) is 5.11 Å². The third-order valence-corrected chi connectivity index (χ3v) is 6.14. The minimum Gasteiger partial charge on any atom is -0.395 e. The predicted molar refractivity (Wildman–Crippen MR) is 118 cm³/mol. The van der Waals surface area contributed by atoms with Crippen molar-refractivity contribution in [3.8, 4) is 10.4 Å². The maximum atomic E-state index is 14.0. The van der Waals surface area contributed by atoms with Gasteiger partial charge < -0.3 is 15.3 Å². The number of aliphatic hydroxyl groups is 1. The second kappa shape index (κ2) is 10.3. The topological polar surface area (TPSA) is 61.3 Å². The molecule has 2 aromatic heterocycles. The highest BCUT2D eigenvalue weighted by atomic mass is 35.5. The highest BCUT2D eigenvalue weighted by Gasteiger charge is 2.20. The van der Waals surface area contributed by atoms with E-state index in [1.165, 1.54) is 29.0 Å². The van der Waals surface area contributed by atoms with E-state index >= 15 is 0 Å². The van der Waals surface area contributed by atoms with E-state index in [1.54, 1.807) is 12.4 Å². The molecular weight excluding hydrogens is 430 g/mol. The molecule has 1 saturated heterocycles. The molecule has 0 atom stereocenters. The zero-order valence-electron chi connectivity index (χ0n) is 16.2. The van der Waals surface area contributed by atoms with Crippen molar-refractivity contribution in [3.05, 3.63) is 59.9 Å². The molecule has 1 aliphatic heterocycles. The van der Waals surface area contributed by atoms with Gasteiger partial charge in [-0.2, -0.15) is 0 Å². The van der Waals surface area contributed by atoms with Gasteiger partial charge in [0, 0.05) is 30.6 Å². The molecule has 2 N–H and O–H groups in total. The van der Waals surface area contributed by atoms with Gasteiger partial charge in [-0.05, 0) is 61.7 Å². The number of rotatable bonds is 6. The van der Waals surface area contributed by atoms with E-state index in [1.807, 2.05) is 12.1 Å². The summed E-state index contributed by atoms with van der Waals surface area (Å²) in [6, 6.07) is 7.61. The number of aromatic nitrogens is 2. The highest BCUT2D eigenvalue weighted by Crippen LogP contribution is 2.33. The summed E-state index contributed by atoms with van der Waals surface area (Å²) in [6.07, 6.45) is 5.46. The molecule has 3 aromatic rings. The van der Waals surface area contributed by atoms with Crippen LogP contribution in [0.1, 0.15) is 24.3 Å². The van der Waals surface area contributed by atoms with Crippen LogP contribution in [0.2, 0.25) is 0 Å². The Bertz CT molecular complexity index is 979. The first-order valence-electron chi connectivity index (χ1n) is 9.60. The standard InChI is InChI=1S/C21H22F2N4OS.ClH/c22-16-1-2-17(18(23)12-16)19-13-25-21(29-19)26-20-11-15(3-6-24-20)14-4-7-27(8-5-14)9-10-28;/h1-3,6,11-14,28H,4-5,7-10H2,(H,24,25,26);1H. The molecule has 0 radical (unpaired) electrons. The van der Waals surface area contributed by atoms with E-state index in [0.29, 0.717) is 27.3 Å². The summed E-state index contributed by atoms with van der Waals surface area (Å²) in [6.45, 7) is 2.90. The number of hydrogen-bond donors (Lipinski definition) is 2. The number of nitrogens with one attached hydrogen (secondary N) is 1. The number of hydrogen-bond acceptors (Lipinski definition) is 6. The number of anilines is 2. The first-order chi connectivity index (χ1) is 14.1. The Morgan fingerprint density at radius 2 is 1.93 bits per heavy atom. The van der Waals surface area contributed by atoms with Crippen molar-refractivity contribution in [3.63, 3.8) is 0 Å². The maximum Gasteiger partial charge on any atom is 0.188 e. The smallest absolute Gasteiger partial charge is 0.188 e. The molecule has 0 saturated carbocycles. The summed E-state index contributed by atoms with van der Waals surface area (Å²) in [7, 11) is 0. The molecule has 0 bridgehead atoms. The molecule has 0 amide bonds. The van der Waals surface area contributed by atoms with Gasteiger partial charge in [-0.1, -0.05) is 11.3 Å².